The Bertz CT molecular complexity index is 295. The van der Waals surface area contributed by atoms with Crippen LogP contribution in [0.1, 0.15) is 6.42 Å². The van der Waals surface area contributed by atoms with Gasteiger partial charge in [0.25, 0.3) is 0 Å². The van der Waals surface area contributed by atoms with E-state index in [-0.39, 0.29) is 5.75 Å². The molecule has 0 unspecified atom stereocenters. The number of methoxy groups -OCH3 is 1. The van der Waals surface area contributed by atoms with Gasteiger partial charge in [0.2, 0.25) is 5.91 Å². The number of thioether (sulfide) groups is 1. The van der Waals surface area contributed by atoms with Gasteiger partial charge in [-0.05, 0) is 0 Å². The Hall–Kier alpha value is -0.920. The number of ether oxygens (including phenoxy) is 1. The van der Waals surface area contributed by atoms with Gasteiger partial charge in [0, 0.05) is 12.2 Å². The third-order valence-electron chi connectivity index (χ3n) is 2.02. The van der Waals surface area contributed by atoms with Crippen LogP contribution in [0.25, 0.3) is 0 Å². The highest BCUT2D eigenvalue weighted by Gasteiger charge is 2.44. The molecule has 0 radical (unpaired) electrons. The smallest absolute Gasteiger partial charge is 0.401 e. The molecule has 0 aromatic rings. The van der Waals surface area contributed by atoms with Crippen LogP contribution < -0.4 is 5.32 Å². The van der Waals surface area contributed by atoms with E-state index in [4.69, 9.17) is 0 Å². The van der Waals surface area contributed by atoms with Gasteiger partial charge in [0.05, 0.1) is 7.11 Å². The molecule has 1 fully saturated rings. The maximum atomic E-state index is 12.4. The van der Waals surface area contributed by atoms with Crippen molar-refractivity contribution in [1.82, 2.24) is 5.32 Å². The number of halogens is 3. The second-order valence-electron chi connectivity index (χ2n) is 3.21. The molecule has 8 heteroatoms. The van der Waals surface area contributed by atoms with E-state index in [9.17, 15) is 22.8 Å². The molecule has 0 saturated carbocycles. The molecule has 0 aromatic carbocycles. The fourth-order valence-electron chi connectivity index (χ4n) is 1.21. The lowest BCUT2D eigenvalue weighted by molar-refractivity contribution is -0.145. The van der Waals surface area contributed by atoms with Gasteiger partial charge in [0.1, 0.15) is 11.3 Å². The van der Waals surface area contributed by atoms with Crippen LogP contribution in [0.2, 0.25) is 0 Å². The summed E-state index contributed by atoms with van der Waals surface area (Å²) < 4.78 is 41.5. The summed E-state index contributed by atoms with van der Waals surface area (Å²) in [4.78, 5) is 22.2. The highest BCUT2D eigenvalue weighted by Crippen LogP contribution is 2.34. The molecule has 4 nitrogen and oxygen atoms in total. The number of esters is 1. The molecule has 16 heavy (non-hydrogen) atoms. The normalized spacial score (nSPS) is 26.9. The van der Waals surface area contributed by atoms with Crippen molar-refractivity contribution in [2.45, 2.75) is 23.9 Å². The van der Waals surface area contributed by atoms with Crippen LogP contribution in [-0.2, 0) is 14.3 Å². The number of carbonyl (C=O) groups is 2. The molecule has 1 rings (SSSR count). The monoisotopic (exact) mass is 257 g/mol. The third kappa shape index (κ3) is 3.29. The quantitative estimate of drug-likeness (QED) is 0.703. The van der Waals surface area contributed by atoms with Crippen molar-refractivity contribution < 1.29 is 27.5 Å². The van der Waals surface area contributed by atoms with Gasteiger partial charge in [-0.1, -0.05) is 0 Å². The van der Waals surface area contributed by atoms with E-state index in [2.05, 4.69) is 10.1 Å². The molecular weight excluding hydrogens is 247 g/mol. The molecular formula is C8H10F3NO3S. The first-order valence-electron chi connectivity index (χ1n) is 4.40. The van der Waals surface area contributed by atoms with Crippen LogP contribution >= 0.6 is 11.8 Å². The molecule has 92 valence electrons. The van der Waals surface area contributed by atoms with Crippen molar-refractivity contribution in [2.75, 3.05) is 12.9 Å². The summed E-state index contributed by atoms with van der Waals surface area (Å²) in [6.07, 6.45) is -5.10. The zero-order valence-corrected chi connectivity index (χ0v) is 9.15. The zero-order chi connectivity index (χ0) is 12.3. The van der Waals surface area contributed by atoms with Crippen LogP contribution in [0.3, 0.4) is 0 Å². The molecule has 0 bridgehead atoms. The van der Waals surface area contributed by atoms with Crippen molar-refractivity contribution in [1.29, 1.82) is 0 Å². The summed E-state index contributed by atoms with van der Waals surface area (Å²) in [6, 6.07) is -1.00. The van der Waals surface area contributed by atoms with E-state index >= 15 is 0 Å². The van der Waals surface area contributed by atoms with Crippen molar-refractivity contribution in [3.05, 3.63) is 0 Å². The molecule has 1 aliphatic rings. The first-order chi connectivity index (χ1) is 7.34. The van der Waals surface area contributed by atoms with Crippen molar-refractivity contribution >= 4 is 23.6 Å². The first kappa shape index (κ1) is 13.1. The largest absolute Gasteiger partial charge is 0.467 e. The number of hydrogen-bond donors (Lipinski definition) is 1. The lowest BCUT2D eigenvalue weighted by Gasteiger charge is -2.16. The Labute approximate surface area is 93.9 Å². The van der Waals surface area contributed by atoms with Crippen LogP contribution in [0.4, 0.5) is 13.2 Å². The van der Waals surface area contributed by atoms with Gasteiger partial charge in [-0.15, -0.1) is 11.8 Å². The maximum absolute atomic E-state index is 12.4. The Morgan fingerprint density at radius 1 is 1.56 bits per heavy atom. The summed E-state index contributed by atoms with van der Waals surface area (Å²) in [5, 5.41) is 0.435. The standard InChI is InChI=1S/C8H10F3NO3S/c1-15-7(14)4-3-16-5(8(9,10)11)2-6(13)12-4/h4-5H,2-3H2,1H3,(H,12,13)/t4-,5+/m1/s1. The molecule has 1 saturated heterocycles. The maximum Gasteiger partial charge on any atom is 0.401 e. The minimum absolute atomic E-state index is 0.136. The summed E-state index contributed by atoms with van der Waals surface area (Å²) in [6.45, 7) is 0. The number of alkyl halides is 3. The van der Waals surface area contributed by atoms with Gasteiger partial charge in [-0.3, -0.25) is 4.79 Å². The Morgan fingerprint density at radius 3 is 2.69 bits per heavy atom. The van der Waals surface area contributed by atoms with E-state index in [1.54, 1.807) is 0 Å². The molecule has 2 atom stereocenters. The van der Waals surface area contributed by atoms with Gasteiger partial charge in [-0.2, -0.15) is 13.2 Å². The number of carbonyl (C=O) groups excluding carboxylic acids is 2. The highest BCUT2D eigenvalue weighted by atomic mass is 32.2. The summed E-state index contributed by atoms with van der Waals surface area (Å²) in [7, 11) is 1.12. The summed E-state index contributed by atoms with van der Waals surface area (Å²) in [5.74, 6) is -1.66. The predicted molar refractivity (Wildman–Crippen MR) is 50.9 cm³/mol. The van der Waals surface area contributed by atoms with Gasteiger partial charge < -0.3 is 10.1 Å². The van der Waals surface area contributed by atoms with E-state index in [0.717, 1.165) is 7.11 Å². The van der Waals surface area contributed by atoms with E-state index < -0.39 is 35.8 Å². The Balaban J connectivity index is 2.70. The average Bonchev–Trinajstić information content (AvgIpc) is 2.38. The fourth-order valence-corrected chi connectivity index (χ4v) is 2.32. The highest BCUT2D eigenvalue weighted by molar-refractivity contribution is 8.00. The van der Waals surface area contributed by atoms with Crippen molar-refractivity contribution in [3.8, 4) is 0 Å². The second-order valence-corrected chi connectivity index (χ2v) is 4.45. The first-order valence-corrected chi connectivity index (χ1v) is 5.45. The van der Waals surface area contributed by atoms with E-state index in [0.29, 0.717) is 11.8 Å². The lowest BCUT2D eigenvalue weighted by atomic mass is 10.2. The Morgan fingerprint density at radius 2 is 2.19 bits per heavy atom. The molecule has 1 aliphatic heterocycles. The number of amides is 1. The van der Waals surface area contributed by atoms with Crippen LogP contribution in [0, 0.1) is 0 Å². The minimum atomic E-state index is -4.44. The molecule has 0 aromatic heterocycles. The third-order valence-corrected chi connectivity index (χ3v) is 3.38. The SMILES string of the molecule is COC(=O)[C@H]1CS[C@H](C(F)(F)F)CC(=O)N1. The van der Waals surface area contributed by atoms with Gasteiger partial charge in [0.15, 0.2) is 0 Å². The van der Waals surface area contributed by atoms with Crippen LogP contribution in [0.15, 0.2) is 0 Å². The molecule has 1 N–H and O–H groups in total. The van der Waals surface area contributed by atoms with Gasteiger partial charge >= 0.3 is 12.1 Å². The van der Waals surface area contributed by atoms with E-state index in [1.165, 1.54) is 0 Å². The van der Waals surface area contributed by atoms with Crippen LogP contribution in [0.5, 0.6) is 0 Å². The molecule has 1 amide bonds. The second kappa shape index (κ2) is 4.94. The number of rotatable bonds is 1. The average molecular weight is 257 g/mol. The van der Waals surface area contributed by atoms with Crippen LogP contribution in [-0.4, -0.2) is 42.2 Å². The summed E-state index contributed by atoms with van der Waals surface area (Å²) >= 11 is 0.537. The number of hydrogen-bond acceptors (Lipinski definition) is 4. The number of nitrogens with one attached hydrogen (secondary N) is 1. The molecule has 1 heterocycles. The topological polar surface area (TPSA) is 55.4 Å². The van der Waals surface area contributed by atoms with Crippen molar-refractivity contribution in [2.24, 2.45) is 0 Å². The minimum Gasteiger partial charge on any atom is -0.467 e. The summed E-state index contributed by atoms with van der Waals surface area (Å²) in [5.41, 5.74) is 0. The van der Waals surface area contributed by atoms with Gasteiger partial charge in [-0.25, -0.2) is 4.79 Å². The fraction of sp³-hybridized carbons (Fsp3) is 0.750. The Kier molecular flexibility index (Phi) is 4.06. The predicted octanol–water partition coefficient (Wildman–Crippen LogP) is 0.712. The zero-order valence-electron chi connectivity index (χ0n) is 8.34. The molecule has 0 aliphatic carbocycles. The van der Waals surface area contributed by atoms with Crippen molar-refractivity contribution in [3.63, 3.8) is 0 Å². The molecule has 0 spiro atoms. The van der Waals surface area contributed by atoms with E-state index in [1.807, 2.05) is 0 Å². The lowest BCUT2D eigenvalue weighted by Crippen LogP contribution is -2.42.